The smallest absolute Gasteiger partial charge is 0.0462 e. The van der Waals surface area contributed by atoms with Crippen LogP contribution in [0.4, 0.5) is 0 Å². The van der Waals surface area contributed by atoms with E-state index in [2.05, 4.69) is 23.9 Å². The summed E-state index contributed by atoms with van der Waals surface area (Å²) in [5, 5.41) is 3.89. The Balaban J connectivity index is 2.60. The van der Waals surface area contributed by atoms with Gasteiger partial charge < -0.3 is 0 Å². The summed E-state index contributed by atoms with van der Waals surface area (Å²) in [6, 6.07) is 0. The quantitative estimate of drug-likeness (QED) is 0.342. The average molecular weight is 167 g/mol. The van der Waals surface area contributed by atoms with E-state index in [1.807, 2.05) is 0 Å². The molecule has 3 heteroatoms. The second kappa shape index (κ2) is 3.81. The molecular formula is C9H17N3. The molecule has 0 aromatic rings. The van der Waals surface area contributed by atoms with E-state index in [0.717, 1.165) is 18.8 Å². The van der Waals surface area contributed by atoms with E-state index in [9.17, 15) is 0 Å². The van der Waals surface area contributed by atoms with E-state index < -0.39 is 0 Å². The second-order valence-corrected chi connectivity index (χ2v) is 4.06. The van der Waals surface area contributed by atoms with E-state index >= 15 is 0 Å². The van der Waals surface area contributed by atoms with Gasteiger partial charge in [0.25, 0.3) is 0 Å². The lowest BCUT2D eigenvalue weighted by atomic mass is 9.76. The summed E-state index contributed by atoms with van der Waals surface area (Å²) in [5.41, 5.74) is 8.31. The monoisotopic (exact) mass is 167 g/mol. The minimum Gasteiger partial charge on any atom is -0.0875 e. The molecule has 1 saturated carbocycles. The van der Waals surface area contributed by atoms with Gasteiger partial charge in [0.05, 0.1) is 0 Å². The van der Waals surface area contributed by atoms with Gasteiger partial charge in [-0.15, -0.1) is 0 Å². The first-order valence-corrected chi connectivity index (χ1v) is 4.76. The number of nitrogens with zero attached hydrogens (tertiary/aromatic N) is 3. The Kier molecular flexibility index (Phi) is 2.99. The van der Waals surface area contributed by atoms with Crippen molar-refractivity contribution in [3.8, 4) is 0 Å². The topological polar surface area (TPSA) is 48.8 Å². The summed E-state index contributed by atoms with van der Waals surface area (Å²) in [4.78, 5) is 2.92. The van der Waals surface area contributed by atoms with Gasteiger partial charge in [-0.05, 0) is 24.3 Å². The van der Waals surface area contributed by atoms with Gasteiger partial charge >= 0.3 is 0 Å². The van der Waals surface area contributed by atoms with Crippen molar-refractivity contribution in [1.82, 2.24) is 0 Å². The molecule has 1 aliphatic carbocycles. The highest BCUT2D eigenvalue weighted by Crippen LogP contribution is 2.36. The summed E-state index contributed by atoms with van der Waals surface area (Å²) in [5.74, 6) is 0.772. The van der Waals surface area contributed by atoms with Gasteiger partial charge in [-0.1, -0.05) is 38.2 Å². The van der Waals surface area contributed by atoms with Crippen molar-refractivity contribution < 1.29 is 0 Å². The molecule has 1 fully saturated rings. The molecule has 0 N–H and O–H groups in total. The van der Waals surface area contributed by atoms with E-state index in [1.165, 1.54) is 19.3 Å². The fourth-order valence-corrected chi connectivity index (χ4v) is 2.14. The number of rotatable bonds is 2. The third-order valence-corrected chi connectivity index (χ3v) is 2.92. The standard InChI is InChI=1S/C9H17N3/c1-3-8-5-4-6-9(2,7-8)11-12-10/h8H,3-7H2,1-2H3/t8-,9-/m1/s1. The van der Waals surface area contributed by atoms with Crippen molar-refractivity contribution in [3.05, 3.63) is 10.4 Å². The van der Waals surface area contributed by atoms with Crippen LogP contribution in [0.2, 0.25) is 0 Å². The van der Waals surface area contributed by atoms with Crippen molar-refractivity contribution in [1.29, 1.82) is 0 Å². The first kappa shape index (κ1) is 9.40. The third-order valence-electron chi connectivity index (χ3n) is 2.92. The summed E-state index contributed by atoms with van der Waals surface area (Å²) < 4.78 is 0. The molecule has 0 unspecified atom stereocenters. The lowest BCUT2D eigenvalue weighted by Gasteiger charge is -2.33. The van der Waals surface area contributed by atoms with Crippen molar-refractivity contribution in [2.75, 3.05) is 0 Å². The van der Waals surface area contributed by atoms with Crippen LogP contribution in [0.3, 0.4) is 0 Å². The Morgan fingerprint density at radius 1 is 1.67 bits per heavy atom. The first-order chi connectivity index (χ1) is 5.70. The van der Waals surface area contributed by atoms with E-state index in [0.29, 0.717) is 0 Å². The fourth-order valence-electron chi connectivity index (χ4n) is 2.14. The van der Waals surface area contributed by atoms with Gasteiger partial charge in [-0.25, -0.2) is 0 Å². The van der Waals surface area contributed by atoms with Gasteiger partial charge in [-0.2, -0.15) is 0 Å². The maximum absolute atomic E-state index is 8.40. The largest absolute Gasteiger partial charge is 0.0875 e. The number of hydrogen-bond donors (Lipinski definition) is 0. The first-order valence-electron chi connectivity index (χ1n) is 4.76. The Bertz CT molecular complexity index is 196. The molecule has 0 aromatic carbocycles. The van der Waals surface area contributed by atoms with E-state index in [1.54, 1.807) is 0 Å². The van der Waals surface area contributed by atoms with Crippen LogP contribution in [-0.4, -0.2) is 5.54 Å². The van der Waals surface area contributed by atoms with Crippen molar-refractivity contribution >= 4 is 0 Å². The summed E-state index contributed by atoms with van der Waals surface area (Å²) in [6.45, 7) is 4.29. The molecular weight excluding hydrogens is 150 g/mol. The highest BCUT2D eigenvalue weighted by molar-refractivity contribution is 4.89. The van der Waals surface area contributed by atoms with Gasteiger partial charge in [0.2, 0.25) is 0 Å². The Morgan fingerprint density at radius 2 is 2.42 bits per heavy atom. The zero-order valence-corrected chi connectivity index (χ0v) is 7.95. The predicted octanol–water partition coefficient (Wildman–Crippen LogP) is 3.66. The highest BCUT2D eigenvalue weighted by Gasteiger charge is 2.30. The molecule has 0 radical (unpaired) electrons. The van der Waals surface area contributed by atoms with Crippen LogP contribution in [0.15, 0.2) is 5.11 Å². The molecule has 0 heterocycles. The van der Waals surface area contributed by atoms with Gasteiger partial charge in [0.15, 0.2) is 0 Å². The third kappa shape index (κ3) is 2.15. The zero-order valence-electron chi connectivity index (χ0n) is 7.95. The molecule has 3 nitrogen and oxygen atoms in total. The molecule has 0 bridgehead atoms. The number of azide groups is 1. The molecule has 1 rings (SSSR count). The van der Waals surface area contributed by atoms with Crippen LogP contribution in [-0.2, 0) is 0 Å². The van der Waals surface area contributed by atoms with Gasteiger partial charge in [0, 0.05) is 10.5 Å². The average Bonchev–Trinajstić information content (AvgIpc) is 2.04. The summed E-state index contributed by atoms with van der Waals surface area (Å²) >= 11 is 0. The van der Waals surface area contributed by atoms with Crippen LogP contribution < -0.4 is 0 Å². The van der Waals surface area contributed by atoms with Crippen LogP contribution in [0.25, 0.3) is 10.4 Å². The normalized spacial score (nSPS) is 35.7. The van der Waals surface area contributed by atoms with Crippen LogP contribution >= 0.6 is 0 Å². The van der Waals surface area contributed by atoms with Crippen LogP contribution in [0.1, 0.15) is 46.0 Å². The van der Waals surface area contributed by atoms with Gasteiger partial charge in [-0.3, -0.25) is 0 Å². The lowest BCUT2D eigenvalue weighted by molar-refractivity contribution is 0.237. The van der Waals surface area contributed by atoms with Gasteiger partial charge in [0.1, 0.15) is 0 Å². The molecule has 2 atom stereocenters. The molecule has 12 heavy (non-hydrogen) atoms. The van der Waals surface area contributed by atoms with E-state index in [-0.39, 0.29) is 5.54 Å². The SMILES string of the molecule is CC[C@@H]1CCC[C@@](C)(N=[N+]=[N-])C1. The molecule has 0 amide bonds. The van der Waals surface area contributed by atoms with Crippen molar-refractivity contribution in [2.24, 2.45) is 11.0 Å². The fraction of sp³-hybridized carbons (Fsp3) is 1.00. The Hall–Kier alpha value is -0.690. The minimum absolute atomic E-state index is 0.0896. The second-order valence-electron chi connectivity index (χ2n) is 4.06. The minimum atomic E-state index is -0.0896. The lowest BCUT2D eigenvalue weighted by Crippen LogP contribution is -2.29. The highest BCUT2D eigenvalue weighted by atomic mass is 15.2. The van der Waals surface area contributed by atoms with Crippen LogP contribution in [0, 0.1) is 5.92 Å². The van der Waals surface area contributed by atoms with E-state index in [4.69, 9.17) is 5.53 Å². The molecule has 0 aromatic heterocycles. The maximum atomic E-state index is 8.40. The maximum Gasteiger partial charge on any atom is 0.0462 e. The Morgan fingerprint density at radius 3 is 3.00 bits per heavy atom. The number of hydrogen-bond acceptors (Lipinski definition) is 1. The predicted molar refractivity (Wildman–Crippen MR) is 49.8 cm³/mol. The van der Waals surface area contributed by atoms with Crippen LogP contribution in [0.5, 0.6) is 0 Å². The Labute approximate surface area is 73.8 Å². The molecule has 0 spiro atoms. The molecule has 0 aliphatic heterocycles. The molecule has 1 aliphatic rings. The summed E-state index contributed by atoms with van der Waals surface area (Å²) in [7, 11) is 0. The summed E-state index contributed by atoms with van der Waals surface area (Å²) in [6.07, 6.45) is 5.89. The van der Waals surface area contributed by atoms with Crippen molar-refractivity contribution in [3.63, 3.8) is 0 Å². The zero-order chi connectivity index (χ0) is 9.03. The molecule has 68 valence electrons. The molecule has 0 saturated heterocycles. The van der Waals surface area contributed by atoms with Crippen molar-refractivity contribution in [2.45, 2.75) is 51.5 Å².